The van der Waals surface area contributed by atoms with Gasteiger partial charge in [-0.25, -0.2) is 9.69 Å². The molecule has 192 valence electrons. The van der Waals surface area contributed by atoms with E-state index in [2.05, 4.69) is 31.3 Å². The molecule has 1 aromatic heterocycles. The molecular formula is C28H28ClN3O5. The van der Waals surface area contributed by atoms with Crippen LogP contribution in [0.15, 0.2) is 66.4 Å². The summed E-state index contributed by atoms with van der Waals surface area (Å²) in [7, 11) is 1.46. The minimum atomic E-state index is -0.850. The molecule has 1 fully saturated rings. The highest BCUT2D eigenvalue weighted by atomic mass is 35.5. The number of halogens is 1. The predicted octanol–water partition coefficient (Wildman–Crippen LogP) is 5.41. The second kappa shape index (κ2) is 11.3. The summed E-state index contributed by atoms with van der Waals surface area (Å²) in [4.78, 5) is 39.1. The lowest BCUT2D eigenvalue weighted by Gasteiger charge is -2.26. The van der Waals surface area contributed by atoms with Crippen LogP contribution >= 0.6 is 11.6 Å². The summed E-state index contributed by atoms with van der Waals surface area (Å²) >= 11 is 6.17. The summed E-state index contributed by atoms with van der Waals surface area (Å²) in [6.45, 7) is 5.23. The van der Waals surface area contributed by atoms with Crippen LogP contribution in [0.1, 0.15) is 37.4 Å². The van der Waals surface area contributed by atoms with Gasteiger partial charge in [-0.3, -0.25) is 14.9 Å². The van der Waals surface area contributed by atoms with Crippen molar-refractivity contribution in [2.75, 3.05) is 18.6 Å². The van der Waals surface area contributed by atoms with E-state index in [1.807, 2.05) is 29.0 Å². The van der Waals surface area contributed by atoms with Crippen molar-refractivity contribution in [2.24, 2.45) is 0 Å². The highest BCUT2D eigenvalue weighted by molar-refractivity contribution is 6.39. The summed E-state index contributed by atoms with van der Waals surface area (Å²) < 4.78 is 12.9. The molecule has 9 heteroatoms. The average molecular weight is 522 g/mol. The largest absolute Gasteiger partial charge is 0.495 e. The van der Waals surface area contributed by atoms with Crippen LogP contribution in [0, 0.1) is 0 Å². The molecule has 8 nitrogen and oxygen atoms in total. The van der Waals surface area contributed by atoms with Gasteiger partial charge in [0.15, 0.2) is 0 Å². The maximum Gasteiger partial charge on any atom is 0.335 e. The fourth-order valence-corrected chi connectivity index (χ4v) is 4.24. The number of carbonyl (C=O) groups excluding carboxylic acids is 3. The molecule has 4 amide bonds. The fourth-order valence-electron chi connectivity index (χ4n) is 3.99. The molecule has 0 radical (unpaired) electrons. The highest BCUT2D eigenvalue weighted by Crippen LogP contribution is 2.31. The van der Waals surface area contributed by atoms with Crippen molar-refractivity contribution in [3.8, 4) is 11.5 Å². The second-order valence-corrected chi connectivity index (χ2v) is 9.04. The van der Waals surface area contributed by atoms with Crippen molar-refractivity contribution in [3.05, 3.63) is 82.6 Å². The molecule has 1 aliphatic heterocycles. The highest BCUT2D eigenvalue weighted by Gasteiger charge is 2.37. The number of ether oxygens (including phenoxy) is 2. The Morgan fingerprint density at radius 3 is 2.51 bits per heavy atom. The minimum absolute atomic E-state index is 0.173. The van der Waals surface area contributed by atoms with E-state index >= 15 is 0 Å². The molecule has 1 N–H and O–H groups in total. The Morgan fingerprint density at radius 1 is 1.08 bits per heavy atom. The standard InChI is InChI=1S/C28H28ClN3O5/c1-4-18(2)19-7-10-22(11-8-19)37-15-14-31-13-5-6-20(31)16-23-26(33)30-28(35)32(27(23)34)21-9-12-25(36-3)24(29)17-21/h5-13,16-18H,4,14-15H2,1-3H3,(H,30,33,35)/b23-16+/t18-/m1/s1. The third-order valence-corrected chi connectivity index (χ3v) is 6.61. The fraction of sp³-hybridized carbons (Fsp3) is 0.250. The number of nitrogens with one attached hydrogen (secondary N) is 1. The van der Waals surface area contributed by atoms with E-state index in [4.69, 9.17) is 21.1 Å². The maximum absolute atomic E-state index is 13.2. The zero-order chi connectivity index (χ0) is 26.5. The van der Waals surface area contributed by atoms with E-state index < -0.39 is 17.8 Å². The van der Waals surface area contributed by atoms with Gasteiger partial charge in [0.05, 0.1) is 24.4 Å². The quantitative estimate of drug-likeness (QED) is 0.300. The molecule has 4 rings (SSSR count). The number of urea groups is 1. The molecule has 0 saturated carbocycles. The third kappa shape index (κ3) is 5.70. The van der Waals surface area contributed by atoms with Gasteiger partial charge >= 0.3 is 6.03 Å². The number of amides is 4. The number of rotatable bonds is 9. The minimum Gasteiger partial charge on any atom is -0.495 e. The Labute approximate surface area is 220 Å². The van der Waals surface area contributed by atoms with Crippen LogP contribution < -0.4 is 19.7 Å². The Kier molecular flexibility index (Phi) is 7.98. The van der Waals surface area contributed by atoms with E-state index in [0.717, 1.165) is 17.1 Å². The van der Waals surface area contributed by atoms with Crippen LogP contribution in [0.2, 0.25) is 5.02 Å². The zero-order valence-corrected chi connectivity index (χ0v) is 21.6. The number of imide groups is 2. The molecule has 0 unspecified atom stereocenters. The molecule has 37 heavy (non-hydrogen) atoms. The summed E-state index contributed by atoms with van der Waals surface area (Å²) in [5, 5.41) is 2.45. The lowest BCUT2D eigenvalue weighted by atomic mass is 9.99. The number of anilines is 1. The summed E-state index contributed by atoms with van der Waals surface area (Å²) in [5.74, 6) is 0.149. The Bertz CT molecular complexity index is 1350. The molecule has 1 saturated heterocycles. The van der Waals surface area contributed by atoms with Gasteiger partial charge in [-0.2, -0.15) is 0 Å². The molecule has 1 aliphatic rings. The number of hydrogen-bond acceptors (Lipinski definition) is 5. The van der Waals surface area contributed by atoms with Crippen LogP contribution in [-0.2, 0) is 16.1 Å². The van der Waals surface area contributed by atoms with E-state index in [1.54, 1.807) is 12.1 Å². The van der Waals surface area contributed by atoms with Gasteiger partial charge in [-0.1, -0.05) is 37.6 Å². The maximum atomic E-state index is 13.2. The average Bonchev–Trinajstić information content (AvgIpc) is 3.33. The van der Waals surface area contributed by atoms with Gasteiger partial charge in [-0.15, -0.1) is 0 Å². The molecular weight excluding hydrogens is 494 g/mol. The first-order chi connectivity index (χ1) is 17.8. The summed E-state index contributed by atoms with van der Waals surface area (Å²) in [5.41, 5.74) is 1.94. The van der Waals surface area contributed by atoms with Gasteiger partial charge in [0.25, 0.3) is 11.8 Å². The number of methoxy groups -OCH3 is 1. The first-order valence-electron chi connectivity index (χ1n) is 11.9. The topological polar surface area (TPSA) is 89.9 Å². The lowest BCUT2D eigenvalue weighted by Crippen LogP contribution is -2.54. The molecule has 0 spiro atoms. The number of barbiturate groups is 1. The predicted molar refractivity (Wildman–Crippen MR) is 142 cm³/mol. The normalized spacial score (nSPS) is 15.6. The van der Waals surface area contributed by atoms with Crippen molar-refractivity contribution in [2.45, 2.75) is 32.7 Å². The SMILES string of the molecule is CC[C@@H](C)c1ccc(OCCn2cccc2/C=C2\C(=O)NC(=O)N(c3ccc(OC)c(Cl)c3)C2=O)cc1. The van der Waals surface area contributed by atoms with Crippen LogP contribution in [0.4, 0.5) is 10.5 Å². The molecule has 2 aromatic carbocycles. The number of carbonyl (C=O) groups is 3. The van der Waals surface area contributed by atoms with E-state index in [0.29, 0.717) is 30.5 Å². The van der Waals surface area contributed by atoms with Crippen molar-refractivity contribution in [3.63, 3.8) is 0 Å². The van der Waals surface area contributed by atoms with Gasteiger partial charge in [0, 0.05) is 11.9 Å². The third-order valence-electron chi connectivity index (χ3n) is 6.31. The van der Waals surface area contributed by atoms with Crippen LogP contribution in [0.5, 0.6) is 11.5 Å². The van der Waals surface area contributed by atoms with Gasteiger partial charge < -0.3 is 14.0 Å². The lowest BCUT2D eigenvalue weighted by molar-refractivity contribution is -0.122. The van der Waals surface area contributed by atoms with E-state index in [-0.39, 0.29) is 16.3 Å². The van der Waals surface area contributed by atoms with Gasteiger partial charge in [0.1, 0.15) is 23.7 Å². The summed E-state index contributed by atoms with van der Waals surface area (Å²) in [6.07, 6.45) is 4.37. The monoisotopic (exact) mass is 521 g/mol. The smallest absolute Gasteiger partial charge is 0.335 e. The number of nitrogens with zero attached hydrogens (tertiary/aromatic N) is 2. The first-order valence-corrected chi connectivity index (χ1v) is 12.3. The Morgan fingerprint density at radius 2 is 1.84 bits per heavy atom. The first kappa shape index (κ1) is 26.0. The molecule has 0 bridgehead atoms. The van der Waals surface area contributed by atoms with E-state index in [1.165, 1.54) is 30.9 Å². The summed E-state index contributed by atoms with van der Waals surface area (Å²) in [6, 6.07) is 15.3. The van der Waals surface area contributed by atoms with Crippen molar-refractivity contribution >= 4 is 41.2 Å². The molecule has 0 aliphatic carbocycles. The Hall–Kier alpha value is -4.04. The number of aromatic nitrogens is 1. The molecule has 3 aromatic rings. The van der Waals surface area contributed by atoms with Crippen LogP contribution in [0.25, 0.3) is 6.08 Å². The van der Waals surface area contributed by atoms with Crippen LogP contribution in [0.3, 0.4) is 0 Å². The van der Waals surface area contributed by atoms with E-state index in [9.17, 15) is 14.4 Å². The van der Waals surface area contributed by atoms with Crippen molar-refractivity contribution < 1.29 is 23.9 Å². The number of hydrogen-bond donors (Lipinski definition) is 1. The number of benzene rings is 2. The van der Waals surface area contributed by atoms with Crippen molar-refractivity contribution in [1.82, 2.24) is 9.88 Å². The van der Waals surface area contributed by atoms with Gasteiger partial charge in [0.2, 0.25) is 0 Å². The molecule has 2 heterocycles. The Balaban J connectivity index is 1.48. The molecule has 1 atom stereocenters. The van der Waals surface area contributed by atoms with Crippen molar-refractivity contribution in [1.29, 1.82) is 0 Å². The van der Waals surface area contributed by atoms with Crippen LogP contribution in [-0.4, -0.2) is 36.1 Å². The van der Waals surface area contributed by atoms with Gasteiger partial charge in [-0.05, 0) is 66.4 Å². The second-order valence-electron chi connectivity index (χ2n) is 8.63. The zero-order valence-electron chi connectivity index (χ0n) is 20.9.